The fourth-order valence-electron chi connectivity index (χ4n) is 1.38. The van der Waals surface area contributed by atoms with Crippen molar-refractivity contribution < 1.29 is 14.5 Å². The van der Waals surface area contributed by atoms with Gasteiger partial charge in [-0.1, -0.05) is 13.0 Å². The van der Waals surface area contributed by atoms with Crippen LogP contribution in [0.2, 0.25) is 0 Å². The Morgan fingerprint density at radius 2 is 2.29 bits per heavy atom. The van der Waals surface area contributed by atoms with E-state index in [-0.39, 0.29) is 11.7 Å². The van der Waals surface area contributed by atoms with Gasteiger partial charge >= 0.3 is 5.97 Å². The van der Waals surface area contributed by atoms with Crippen LogP contribution in [0.5, 0.6) is 0 Å². The summed E-state index contributed by atoms with van der Waals surface area (Å²) in [5, 5.41) is 13.5. The van der Waals surface area contributed by atoms with Crippen LogP contribution in [0.25, 0.3) is 0 Å². The van der Waals surface area contributed by atoms with Crippen molar-refractivity contribution in [2.45, 2.75) is 19.4 Å². The molecule has 0 aliphatic rings. The van der Waals surface area contributed by atoms with Gasteiger partial charge in [0.2, 0.25) is 0 Å². The molecule has 92 valence electrons. The summed E-state index contributed by atoms with van der Waals surface area (Å²) in [4.78, 5) is 21.5. The van der Waals surface area contributed by atoms with Gasteiger partial charge in [-0.3, -0.25) is 10.1 Å². The van der Waals surface area contributed by atoms with Gasteiger partial charge in [0.25, 0.3) is 5.69 Å². The van der Waals surface area contributed by atoms with Crippen LogP contribution in [0, 0.1) is 10.1 Å². The molecule has 0 aromatic heterocycles. The number of rotatable bonds is 5. The highest BCUT2D eigenvalue weighted by molar-refractivity contribution is 5.79. The molecule has 6 heteroatoms. The third kappa shape index (κ3) is 3.44. The number of benzene rings is 1. The molecular formula is C11H14N2O4. The molecule has 0 saturated heterocycles. The van der Waals surface area contributed by atoms with E-state index in [1.165, 1.54) is 19.2 Å². The Bertz CT molecular complexity index is 420. The molecule has 0 radical (unpaired) electrons. The van der Waals surface area contributed by atoms with Gasteiger partial charge in [0, 0.05) is 17.8 Å². The quantitative estimate of drug-likeness (QED) is 0.481. The Hall–Kier alpha value is -2.11. The molecule has 1 rings (SSSR count). The van der Waals surface area contributed by atoms with E-state index in [9.17, 15) is 14.9 Å². The minimum Gasteiger partial charge on any atom is -0.467 e. The van der Waals surface area contributed by atoms with Crippen molar-refractivity contribution in [3.63, 3.8) is 0 Å². The second-order valence-corrected chi connectivity index (χ2v) is 3.44. The summed E-state index contributed by atoms with van der Waals surface area (Å²) in [6.07, 6.45) is 0.537. The summed E-state index contributed by atoms with van der Waals surface area (Å²) < 4.78 is 4.62. The fourth-order valence-corrected chi connectivity index (χ4v) is 1.38. The highest BCUT2D eigenvalue weighted by atomic mass is 16.6. The second-order valence-electron chi connectivity index (χ2n) is 3.44. The van der Waals surface area contributed by atoms with E-state index < -0.39 is 11.0 Å². The van der Waals surface area contributed by atoms with Gasteiger partial charge in [-0.25, -0.2) is 4.79 Å². The summed E-state index contributed by atoms with van der Waals surface area (Å²) >= 11 is 0. The number of ether oxygens (including phenoxy) is 1. The lowest BCUT2D eigenvalue weighted by Crippen LogP contribution is -2.29. The number of nitro benzene ring substituents is 1. The number of nitrogens with zero attached hydrogens (tertiary/aromatic N) is 1. The molecule has 0 amide bonds. The van der Waals surface area contributed by atoms with E-state index in [4.69, 9.17) is 0 Å². The lowest BCUT2D eigenvalue weighted by atomic mass is 10.2. The lowest BCUT2D eigenvalue weighted by molar-refractivity contribution is -0.384. The number of carbonyl (C=O) groups is 1. The van der Waals surface area contributed by atoms with E-state index in [2.05, 4.69) is 10.1 Å². The molecule has 0 heterocycles. The van der Waals surface area contributed by atoms with Crippen molar-refractivity contribution in [1.82, 2.24) is 0 Å². The SMILES string of the molecule is CCC(Nc1cccc([N+](=O)[O-])c1)C(=O)OC. The standard InChI is InChI=1S/C11H14N2O4/c1-3-10(11(14)17-2)12-8-5-4-6-9(7-8)13(15)16/h4-7,10,12H,3H2,1-2H3. The van der Waals surface area contributed by atoms with Crippen molar-refractivity contribution in [2.24, 2.45) is 0 Å². The van der Waals surface area contributed by atoms with Gasteiger partial charge in [0.1, 0.15) is 6.04 Å². The highest BCUT2D eigenvalue weighted by Gasteiger charge is 2.17. The molecule has 1 atom stereocenters. The largest absolute Gasteiger partial charge is 0.467 e. The van der Waals surface area contributed by atoms with Crippen LogP contribution in [0.1, 0.15) is 13.3 Å². The maximum Gasteiger partial charge on any atom is 0.328 e. The number of esters is 1. The van der Waals surface area contributed by atoms with Crippen molar-refractivity contribution in [1.29, 1.82) is 0 Å². The Morgan fingerprint density at radius 1 is 1.59 bits per heavy atom. The molecule has 1 unspecified atom stereocenters. The summed E-state index contributed by atoms with van der Waals surface area (Å²) in [6.45, 7) is 1.83. The maximum absolute atomic E-state index is 11.3. The van der Waals surface area contributed by atoms with Crippen molar-refractivity contribution >= 4 is 17.3 Å². The highest BCUT2D eigenvalue weighted by Crippen LogP contribution is 2.18. The van der Waals surface area contributed by atoms with Crippen LogP contribution in [-0.4, -0.2) is 24.0 Å². The Balaban J connectivity index is 2.83. The molecule has 0 spiro atoms. The first kappa shape index (κ1) is 13.0. The van der Waals surface area contributed by atoms with E-state index in [0.29, 0.717) is 12.1 Å². The van der Waals surface area contributed by atoms with Gasteiger partial charge in [0.15, 0.2) is 0 Å². The summed E-state index contributed by atoms with van der Waals surface area (Å²) in [5.74, 6) is -0.390. The van der Waals surface area contributed by atoms with Crippen LogP contribution in [0.15, 0.2) is 24.3 Å². The average molecular weight is 238 g/mol. The monoisotopic (exact) mass is 238 g/mol. The summed E-state index contributed by atoms with van der Waals surface area (Å²) in [6, 6.07) is 5.50. The molecule has 1 aromatic rings. The van der Waals surface area contributed by atoms with Crippen LogP contribution < -0.4 is 5.32 Å². The first-order chi connectivity index (χ1) is 8.08. The van der Waals surface area contributed by atoms with Gasteiger partial charge in [-0.15, -0.1) is 0 Å². The van der Waals surface area contributed by atoms with E-state index in [0.717, 1.165) is 0 Å². The van der Waals surface area contributed by atoms with Crippen LogP contribution in [0.3, 0.4) is 0 Å². The van der Waals surface area contributed by atoms with Gasteiger partial charge in [-0.2, -0.15) is 0 Å². The first-order valence-corrected chi connectivity index (χ1v) is 5.17. The smallest absolute Gasteiger partial charge is 0.328 e. The number of nitro groups is 1. The fraction of sp³-hybridized carbons (Fsp3) is 0.364. The molecule has 0 fully saturated rings. The van der Waals surface area contributed by atoms with Crippen LogP contribution >= 0.6 is 0 Å². The Morgan fingerprint density at radius 3 is 2.82 bits per heavy atom. The van der Waals surface area contributed by atoms with Crippen molar-refractivity contribution in [2.75, 3.05) is 12.4 Å². The molecule has 0 aliphatic carbocycles. The molecular weight excluding hydrogens is 224 g/mol. The van der Waals surface area contributed by atoms with E-state index >= 15 is 0 Å². The van der Waals surface area contributed by atoms with Crippen molar-refractivity contribution in [3.05, 3.63) is 34.4 Å². The number of methoxy groups -OCH3 is 1. The minimum absolute atomic E-state index is 0.0188. The third-order valence-electron chi connectivity index (χ3n) is 2.29. The van der Waals surface area contributed by atoms with Crippen LogP contribution in [-0.2, 0) is 9.53 Å². The van der Waals surface area contributed by atoms with Crippen LogP contribution in [0.4, 0.5) is 11.4 Å². The molecule has 17 heavy (non-hydrogen) atoms. The van der Waals surface area contributed by atoms with E-state index in [1.54, 1.807) is 12.1 Å². The number of hydrogen-bond acceptors (Lipinski definition) is 5. The van der Waals surface area contributed by atoms with E-state index in [1.807, 2.05) is 6.92 Å². The predicted octanol–water partition coefficient (Wildman–Crippen LogP) is 1.96. The zero-order valence-corrected chi connectivity index (χ0v) is 9.67. The molecule has 0 saturated carbocycles. The predicted molar refractivity (Wildman–Crippen MR) is 62.8 cm³/mol. The molecule has 6 nitrogen and oxygen atoms in total. The third-order valence-corrected chi connectivity index (χ3v) is 2.29. The molecule has 1 N–H and O–H groups in total. The summed E-state index contributed by atoms with van der Waals surface area (Å²) in [5.41, 5.74) is 0.506. The zero-order chi connectivity index (χ0) is 12.8. The first-order valence-electron chi connectivity index (χ1n) is 5.17. The average Bonchev–Trinajstić information content (AvgIpc) is 2.35. The number of non-ortho nitro benzene ring substituents is 1. The minimum atomic E-state index is -0.498. The normalized spacial score (nSPS) is 11.6. The Kier molecular flexibility index (Phi) is 4.45. The van der Waals surface area contributed by atoms with Gasteiger partial charge in [-0.05, 0) is 12.5 Å². The molecule has 1 aromatic carbocycles. The molecule has 0 bridgehead atoms. The zero-order valence-electron chi connectivity index (χ0n) is 9.67. The van der Waals surface area contributed by atoms with Gasteiger partial charge in [0.05, 0.1) is 12.0 Å². The number of carbonyl (C=O) groups excluding carboxylic acids is 1. The Labute approximate surface area is 98.7 Å². The topological polar surface area (TPSA) is 81.5 Å². The number of hydrogen-bond donors (Lipinski definition) is 1. The summed E-state index contributed by atoms with van der Waals surface area (Å²) in [7, 11) is 1.31. The van der Waals surface area contributed by atoms with Crippen molar-refractivity contribution in [3.8, 4) is 0 Å². The lowest BCUT2D eigenvalue weighted by Gasteiger charge is -2.15. The second kappa shape index (κ2) is 5.83. The maximum atomic E-state index is 11.3. The number of nitrogens with one attached hydrogen (secondary N) is 1. The van der Waals surface area contributed by atoms with Gasteiger partial charge < -0.3 is 10.1 Å². The number of anilines is 1. The molecule has 0 aliphatic heterocycles.